The Kier molecular flexibility index (Phi) is 5.43. The standard InChI is InChI=1S/C16H21F2NO/c1-4-6-11(7-5-2)13-9-8-12(15(19)20)10-14(13)16(3,17)18/h6,8-10H,4-5,7H2,1-3H3,(H2,19,20)/b11-6+. The number of allylic oxidation sites excluding steroid dienone is 2. The van der Waals surface area contributed by atoms with Crippen molar-refractivity contribution in [2.24, 2.45) is 5.73 Å². The molecule has 0 saturated carbocycles. The molecule has 2 nitrogen and oxygen atoms in total. The SMILES string of the molecule is CC/C=C(\CCC)c1ccc(C(N)=O)cc1C(C)(F)F. The molecule has 4 heteroatoms. The number of alkyl halides is 2. The lowest BCUT2D eigenvalue weighted by atomic mass is 9.91. The maximum absolute atomic E-state index is 13.8. The van der Waals surface area contributed by atoms with Gasteiger partial charge in [-0.15, -0.1) is 0 Å². The van der Waals surface area contributed by atoms with E-state index in [-0.39, 0.29) is 11.1 Å². The van der Waals surface area contributed by atoms with Gasteiger partial charge in [0, 0.05) is 18.1 Å². The van der Waals surface area contributed by atoms with Gasteiger partial charge in [-0.3, -0.25) is 4.79 Å². The second-order valence-corrected chi connectivity index (χ2v) is 4.90. The number of benzene rings is 1. The van der Waals surface area contributed by atoms with Crippen LogP contribution in [0.15, 0.2) is 24.3 Å². The third kappa shape index (κ3) is 3.89. The summed E-state index contributed by atoms with van der Waals surface area (Å²) in [6, 6.07) is 4.28. The number of amides is 1. The lowest BCUT2D eigenvalue weighted by Gasteiger charge is -2.19. The maximum atomic E-state index is 13.8. The van der Waals surface area contributed by atoms with Crippen molar-refractivity contribution in [2.75, 3.05) is 0 Å². The van der Waals surface area contributed by atoms with Gasteiger partial charge >= 0.3 is 0 Å². The molecule has 0 spiro atoms. The monoisotopic (exact) mass is 281 g/mol. The number of hydrogen-bond donors (Lipinski definition) is 1. The van der Waals surface area contributed by atoms with Crippen LogP contribution in [0.3, 0.4) is 0 Å². The van der Waals surface area contributed by atoms with E-state index in [1.807, 2.05) is 19.9 Å². The second-order valence-electron chi connectivity index (χ2n) is 4.90. The number of carbonyl (C=O) groups is 1. The Labute approximate surface area is 118 Å². The Morgan fingerprint density at radius 3 is 2.45 bits per heavy atom. The summed E-state index contributed by atoms with van der Waals surface area (Å²) >= 11 is 0. The molecule has 0 radical (unpaired) electrons. The molecule has 0 bridgehead atoms. The van der Waals surface area contributed by atoms with Crippen LogP contribution in [-0.2, 0) is 5.92 Å². The van der Waals surface area contributed by atoms with Crippen LogP contribution in [0.25, 0.3) is 5.57 Å². The topological polar surface area (TPSA) is 43.1 Å². The Morgan fingerprint density at radius 1 is 1.35 bits per heavy atom. The Hall–Kier alpha value is -1.71. The van der Waals surface area contributed by atoms with Crippen LogP contribution < -0.4 is 5.73 Å². The molecule has 0 atom stereocenters. The predicted octanol–water partition coefficient (Wildman–Crippen LogP) is 4.49. The molecule has 20 heavy (non-hydrogen) atoms. The van der Waals surface area contributed by atoms with Crippen LogP contribution in [0.1, 0.15) is 61.5 Å². The normalized spacial score (nSPS) is 12.6. The highest BCUT2D eigenvalue weighted by Gasteiger charge is 2.29. The number of rotatable bonds is 6. The summed E-state index contributed by atoms with van der Waals surface area (Å²) in [5.74, 6) is -3.71. The number of nitrogens with two attached hydrogens (primary N) is 1. The molecule has 0 saturated heterocycles. The van der Waals surface area contributed by atoms with Crippen molar-refractivity contribution in [3.63, 3.8) is 0 Å². The van der Waals surface area contributed by atoms with Gasteiger partial charge in [0.1, 0.15) is 0 Å². The third-order valence-corrected chi connectivity index (χ3v) is 3.09. The zero-order valence-electron chi connectivity index (χ0n) is 12.2. The van der Waals surface area contributed by atoms with Crippen LogP contribution in [0.2, 0.25) is 0 Å². The van der Waals surface area contributed by atoms with Crippen LogP contribution in [0.5, 0.6) is 0 Å². The molecule has 0 unspecified atom stereocenters. The quantitative estimate of drug-likeness (QED) is 0.820. The van der Waals surface area contributed by atoms with Gasteiger partial charge in [-0.2, -0.15) is 0 Å². The minimum absolute atomic E-state index is 0.109. The summed E-state index contributed by atoms with van der Waals surface area (Å²) in [5.41, 5.74) is 6.54. The minimum atomic E-state index is -3.01. The lowest BCUT2D eigenvalue weighted by Crippen LogP contribution is -2.16. The molecular formula is C16H21F2NO. The molecule has 0 aliphatic rings. The first-order valence-electron chi connectivity index (χ1n) is 6.82. The van der Waals surface area contributed by atoms with E-state index >= 15 is 0 Å². The van der Waals surface area contributed by atoms with Gasteiger partial charge < -0.3 is 5.73 Å². The van der Waals surface area contributed by atoms with E-state index < -0.39 is 11.8 Å². The summed E-state index contributed by atoms with van der Waals surface area (Å²) in [7, 11) is 0. The molecule has 0 heterocycles. The van der Waals surface area contributed by atoms with Crippen molar-refractivity contribution < 1.29 is 13.6 Å². The molecule has 1 amide bonds. The third-order valence-electron chi connectivity index (χ3n) is 3.09. The Balaban J connectivity index is 3.45. The average molecular weight is 281 g/mol. The van der Waals surface area contributed by atoms with Crippen molar-refractivity contribution in [3.05, 3.63) is 41.0 Å². The zero-order chi connectivity index (χ0) is 15.3. The van der Waals surface area contributed by atoms with Crippen molar-refractivity contribution in [1.29, 1.82) is 0 Å². The predicted molar refractivity (Wildman–Crippen MR) is 77.7 cm³/mol. The van der Waals surface area contributed by atoms with Crippen LogP contribution >= 0.6 is 0 Å². The van der Waals surface area contributed by atoms with Crippen LogP contribution in [0, 0.1) is 0 Å². The van der Waals surface area contributed by atoms with E-state index in [4.69, 9.17) is 5.73 Å². The second kappa shape index (κ2) is 6.64. The highest BCUT2D eigenvalue weighted by molar-refractivity contribution is 5.93. The highest BCUT2D eigenvalue weighted by Crippen LogP contribution is 2.35. The van der Waals surface area contributed by atoms with Gasteiger partial charge in [0.2, 0.25) is 5.91 Å². The number of primary amides is 1. The Bertz CT molecular complexity index is 516. The summed E-state index contributed by atoms with van der Waals surface area (Å²) in [4.78, 5) is 11.2. The number of carbonyl (C=O) groups excluding carboxylic acids is 1. The van der Waals surface area contributed by atoms with E-state index in [0.29, 0.717) is 5.56 Å². The van der Waals surface area contributed by atoms with Gasteiger partial charge in [0.05, 0.1) is 0 Å². The molecule has 0 fully saturated rings. The van der Waals surface area contributed by atoms with E-state index in [9.17, 15) is 13.6 Å². The van der Waals surface area contributed by atoms with Gasteiger partial charge in [-0.05, 0) is 36.1 Å². The van der Waals surface area contributed by atoms with Gasteiger partial charge in [0.15, 0.2) is 0 Å². The minimum Gasteiger partial charge on any atom is -0.366 e. The first kappa shape index (κ1) is 16.3. The molecule has 0 aromatic heterocycles. The van der Waals surface area contributed by atoms with Crippen LogP contribution in [-0.4, -0.2) is 5.91 Å². The molecule has 1 rings (SSSR count). The highest BCUT2D eigenvalue weighted by atomic mass is 19.3. The van der Waals surface area contributed by atoms with Crippen molar-refractivity contribution in [2.45, 2.75) is 46.0 Å². The smallest absolute Gasteiger partial charge is 0.271 e. The molecule has 1 aromatic rings. The van der Waals surface area contributed by atoms with Crippen LogP contribution in [0.4, 0.5) is 8.78 Å². The molecular weight excluding hydrogens is 260 g/mol. The number of halogens is 2. The molecule has 0 aliphatic heterocycles. The van der Waals surface area contributed by atoms with Gasteiger partial charge in [0.25, 0.3) is 5.92 Å². The van der Waals surface area contributed by atoms with Crippen molar-refractivity contribution in [1.82, 2.24) is 0 Å². The summed E-state index contributed by atoms with van der Waals surface area (Å²) in [5, 5.41) is 0. The fourth-order valence-corrected chi connectivity index (χ4v) is 2.20. The Morgan fingerprint density at radius 2 is 2.00 bits per heavy atom. The summed E-state index contributed by atoms with van der Waals surface area (Å²) in [6.07, 6.45) is 4.34. The lowest BCUT2D eigenvalue weighted by molar-refractivity contribution is 0.0171. The molecule has 2 N–H and O–H groups in total. The van der Waals surface area contributed by atoms with E-state index in [0.717, 1.165) is 31.8 Å². The fraction of sp³-hybridized carbons (Fsp3) is 0.438. The summed E-state index contributed by atoms with van der Waals surface area (Å²) < 4.78 is 27.6. The van der Waals surface area contributed by atoms with Gasteiger partial charge in [-0.1, -0.05) is 32.4 Å². The fourth-order valence-electron chi connectivity index (χ4n) is 2.20. The first-order chi connectivity index (χ1) is 9.31. The molecule has 1 aromatic carbocycles. The first-order valence-corrected chi connectivity index (χ1v) is 6.82. The van der Waals surface area contributed by atoms with Gasteiger partial charge in [-0.25, -0.2) is 8.78 Å². The molecule has 0 aliphatic carbocycles. The molecule has 110 valence electrons. The van der Waals surface area contributed by atoms with Crippen molar-refractivity contribution in [3.8, 4) is 0 Å². The van der Waals surface area contributed by atoms with E-state index in [2.05, 4.69) is 0 Å². The average Bonchev–Trinajstić information content (AvgIpc) is 2.36. The van der Waals surface area contributed by atoms with E-state index in [1.165, 1.54) is 12.1 Å². The maximum Gasteiger partial charge on any atom is 0.271 e. The van der Waals surface area contributed by atoms with E-state index in [1.54, 1.807) is 6.07 Å². The zero-order valence-corrected chi connectivity index (χ0v) is 12.2. The number of hydrogen-bond acceptors (Lipinski definition) is 1. The largest absolute Gasteiger partial charge is 0.366 e. The summed E-state index contributed by atoms with van der Waals surface area (Å²) in [6.45, 7) is 4.81. The van der Waals surface area contributed by atoms with Crippen molar-refractivity contribution >= 4 is 11.5 Å².